The average molecular weight is 273 g/mol. The van der Waals surface area contributed by atoms with Gasteiger partial charge < -0.3 is 4.90 Å². The van der Waals surface area contributed by atoms with Gasteiger partial charge in [-0.1, -0.05) is 11.6 Å². The number of pyridine rings is 1. The minimum atomic E-state index is 0.0150. The van der Waals surface area contributed by atoms with Gasteiger partial charge in [-0.05, 0) is 30.9 Å². The molecule has 92 valence electrons. The molecule has 0 saturated carbocycles. The molecule has 1 atom stereocenters. The van der Waals surface area contributed by atoms with Gasteiger partial charge in [0.1, 0.15) is 5.15 Å². The molecule has 2 rings (SSSR count). The first-order valence-corrected chi connectivity index (χ1v) is 6.50. The molecule has 5 heteroatoms. The molecule has 1 aliphatic heterocycles. The van der Waals surface area contributed by atoms with Gasteiger partial charge in [0, 0.05) is 19.5 Å². The summed E-state index contributed by atoms with van der Waals surface area (Å²) in [7, 11) is 1.81. The Morgan fingerprint density at radius 3 is 3.00 bits per heavy atom. The molecule has 0 bridgehead atoms. The molecule has 1 aromatic heterocycles. The van der Waals surface area contributed by atoms with Crippen LogP contribution in [0.2, 0.25) is 5.15 Å². The van der Waals surface area contributed by atoms with Crippen LogP contribution in [0.3, 0.4) is 0 Å². The lowest BCUT2D eigenvalue weighted by atomic mass is 9.99. The van der Waals surface area contributed by atoms with E-state index >= 15 is 0 Å². The Morgan fingerprint density at radius 1 is 1.53 bits per heavy atom. The van der Waals surface area contributed by atoms with Crippen molar-refractivity contribution in [2.24, 2.45) is 5.92 Å². The molecule has 1 unspecified atom stereocenters. The van der Waals surface area contributed by atoms with Gasteiger partial charge in [0.2, 0.25) is 0 Å². The van der Waals surface area contributed by atoms with Crippen LogP contribution in [0.5, 0.6) is 0 Å². The van der Waals surface area contributed by atoms with Crippen LogP contribution in [0.15, 0.2) is 12.1 Å². The van der Waals surface area contributed by atoms with Crippen molar-refractivity contribution in [3.8, 4) is 0 Å². The second kappa shape index (κ2) is 5.23. The van der Waals surface area contributed by atoms with E-state index in [2.05, 4.69) is 4.98 Å². The Kier molecular flexibility index (Phi) is 3.89. The van der Waals surface area contributed by atoms with E-state index in [4.69, 9.17) is 23.2 Å². The Bertz CT molecular complexity index is 437. The van der Waals surface area contributed by atoms with Gasteiger partial charge in [-0.25, -0.2) is 4.98 Å². The highest BCUT2D eigenvalue weighted by Crippen LogP contribution is 2.23. The summed E-state index contributed by atoms with van der Waals surface area (Å²) in [4.78, 5) is 18.1. The number of carbonyl (C=O) groups excluding carboxylic acids is 1. The lowest BCUT2D eigenvalue weighted by molar-refractivity contribution is 0.0782. The summed E-state index contributed by atoms with van der Waals surface area (Å²) in [5.74, 6) is 0.970. The highest BCUT2D eigenvalue weighted by molar-refractivity contribution is 6.29. The third-order valence-corrected chi connectivity index (χ3v) is 3.48. The second-order valence-electron chi connectivity index (χ2n) is 4.36. The fourth-order valence-corrected chi connectivity index (χ4v) is 2.66. The van der Waals surface area contributed by atoms with E-state index in [1.54, 1.807) is 17.0 Å². The summed E-state index contributed by atoms with van der Waals surface area (Å²) in [5, 5.41) is 0.436. The molecule has 0 spiro atoms. The first kappa shape index (κ1) is 12.7. The summed E-state index contributed by atoms with van der Waals surface area (Å²) in [6.07, 6.45) is 1.64. The summed E-state index contributed by atoms with van der Waals surface area (Å²) in [6, 6.07) is 3.42. The maximum absolute atomic E-state index is 12.1. The summed E-state index contributed by atoms with van der Waals surface area (Å²) in [5.41, 5.74) is 1.45. The molecule has 17 heavy (non-hydrogen) atoms. The molecule has 1 aromatic rings. The number of aromatic nitrogens is 1. The zero-order valence-electron chi connectivity index (χ0n) is 9.62. The summed E-state index contributed by atoms with van der Waals surface area (Å²) < 4.78 is 0. The van der Waals surface area contributed by atoms with Gasteiger partial charge in [0.05, 0.1) is 11.3 Å². The number of hydrogen-bond acceptors (Lipinski definition) is 2. The van der Waals surface area contributed by atoms with Gasteiger partial charge >= 0.3 is 0 Å². The molecule has 1 aliphatic rings. The van der Waals surface area contributed by atoms with Crippen LogP contribution in [0.4, 0.5) is 0 Å². The van der Waals surface area contributed by atoms with Crippen LogP contribution < -0.4 is 0 Å². The van der Waals surface area contributed by atoms with Crippen molar-refractivity contribution in [2.45, 2.75) is 12.8 Å². The third kappa shape index (κ3) is 2.72. The molecular weight excluding hydrogens is 259 g/mol. The minimum Gasteiger partial charge on any atom is -0.341 e. The predicted octanol–water partition coefficient (Wildman–Crippen LogP) is 2.61. The first-order valence-electron chi connectivity index (χ1n) is 5.58. The van der Waals surface area contributed by atoms with E-state index in [0.717, 1.165) is 25.1 Å². The first-order chi connectivity index (χ1) is 8.11. The summed E-state index contributed by atoms with van der Waals surface area (Å²) in [6.45, 7) is 0.722. The number of fused-ring (bicyclic) bond motifs is 1. The number of alkyl halides is 1. The fourth-order valence-electron chi connectivity index (χ4n) is 2.19. The average Bonchev–Trinajstić information content (AvgIpc) is 2.38. The highest BCUT2D eigenvalue weighted by Gasteiger charge is 2.26. The number of carbonyl (C=O) groups is 1. The molecule has 0 aliphatic carbocycles. The Balaban J connectivity index is 2.37. The molecule has 1 amide bonds. The van der Waals surface area contributed by atoms with E-state index in [-0.39, 0.29) is 5.91 Å². The Morgan fingerprint density at radius 2 is 2.29 bits per heavy atom. The number of hydrogen-bond donors (Lipinski definition) is 0. The van der Waals surface area contributed by atoms with Gasteiger partial charge in [-0.3, -0.25) is 4.79 Å². The smallest absolute Gasteiger partial charge is 0.255 e. The quantitative estimate of drug-likeness (QED) is 0.613. The van der Waals surface area contributed by atoms with Crippen LogP contribution >= 0.6 is 23.2 Å². The molecule has 0 radical (unpaired) electrons. The molecule has 3 nitrogen and oxygen atoms in total. The van der Waals surface area contributed by atoms with E-state index in [9.17, 15) is 4.79 Å². The van der Waals surface area contributed by atoms with Gasteiger partial charge in [-0.2, -0.15) is 0 Å². The monoisotopic (exact) mass is 272 g/mol. The molecular formula is C12H14Cl2N2O. The van der Waals surface area contributed by atoms with Crippen molar-refractivity contribution >= 4 is 29.1 Å². The van der Waals surface area contributed by atoms with Crippen molar-refractivity contribution in [1.29, 1.82) is 0 Å². The van der Waals surface area contributed by atoms with Crippen molar-refractivity contribution in [3.05, 3.63) is 28.5 Å². The topological polar surface area (TPSA) is 33.2 Å². The fraction of sp³-hybridized carbons (Fsp3) is 0.500. The molecule has 0 saturated heterocycles. The van der Waals surface area contributed by atoms with E-state index in [0.29, 0.717) is 22.5 Å². The number of halogens is 2. The van der Waals surface area contributed by atoms with Crippen molar-refractivity contribution in [1.82, 2.24) is 9.88 Å². The van der Waals surface area contributed by atoms with E-state index in [1.165, 1.54) is 0 Å². The standard InChI is InChI=1S/C12H14Cl2N2O/c1-16-7-8(4-5-13)6-10-9(12(16)17)2-3-11(14)15-10/h2-3,8H,4-7H2,1H3. The van der Waals surface area contributed by atoms with Crippen LogP contribution in [-0.4, -0.2) is 35.3 Å². The highest BCUT2D eigenvalue weighted by atomic mass is 35.5. The maximum atomic E-state index is 12.1. The van der Waals surface area contributed by atoms with Gasteiger partial charge in [0.25, 0.3) is 5.91 Å². The molecule has 0 fully saturated rings. The van der Waals surface area contributed by atoms with Crippen LogP contribution in [0, 0.1) is 5.92 Å². The normalized spacial score (nSPS) is 20.1. The zero-order valence-corrected chi connectivity index (χ0v) is 11.1. The van der Waals surface area contributed by atoms with Crippen LogP contribution in [0.25, 0.3) is 0 Å². The summed E-state index contributed by atoms with van der Waals surface area (Å²) >= 11 is 11.7. The lowest BCUT2D eigenvalue weighted by Crippen LogP contribution is -2.29. The maximum Gasteiger partial charge on any atom is 0.255 e. The van der Waals surface area contributed by atoms with Crippen molar-refractivity contribution in [2.75, 3.05) is 19.5 Å². The van der Waals surface area contributed by atoms with E-state index in [1.807, 2.05) is 7.05 Å². The largest absolute Gasteiger partial charge is 0.341 e. The Hall–Kier alpha value is -0.800. The van der Waals surface area contributed by atoms with Crippen molar-refractivity contribution in [3.63, 3.8) is 0 Å². The molecule has 2 heterocycles. The third-order valence-electron chi connectivity index (χ3n) is 3.05. The SMILES string of the molecule is CN1CC(CCCl)Cc2nc(Cl)ccc2C1=O. The minimum absolute atomic E-state index is 0.0150. The van der Waals surface area contributed by atoms with Crippen LogP contribution in [0.1, 0.15) is 22.5 Å². The number of amides is 1. The lowest BCUT2D eigenvalue weighted by Gasteiger charge is -2.19. The van der Waals surface area contributed by atoms with Gasteiger partial charge in [0.15, 0.2) is 0 Å². The Labute approximate surface area is 111 Å². The number of rotatable bonds is 2. The van der Waals surface area contributed by atoms with Gasteiger partial charge in [-0.15, -0.1) is 11.6 Å². The predicted molar refractivity (Wildman–Crippen MR) is 68.7 cm³/mol. The number of nitrogens with zero attached hydrogens (tertiary/aromatic N) is 2. The zero-order chi connectivity index (χ0) is 12.4. The molecule has 0 aromatic carbocycles. The van der Waals surface area contributed by atoms with E-state index < -0.39 is 0 Å². The van der Waals surface area contributed by atoms with Crippen molar-refractivity contribution < 1.29 is 4.79 Å². The van der Waals surface area contributed by atoms with Crippen LogP contribution in [-0.2, 0) is 6.42 Å². The second-order valence-corrected chi connectivity index (χ2v) is 5.13. The molecule has 0 N–H and O–H groups in total.